The summed E-state index contributed by atoms with van der Waals surface area (Å²) in [5, 5.41) is 0. The SMILES string of the molecule is CCCC[N+](CCCC)(CCCC)CCCC.CCCC[N+](CCCC)(CCCC)CCCC.CCCC[N+](CCCC)(CCCC)CCCC.O=[PH](O)OCO[PH](=O)O. The molecule has 0 bridgehead atoms. The van der Waals surface area contributed by atoms with E-state index in [-0.39, 0.29) is 0 Å². The third-order valence-corrected chi connectivity index (χ3v) is 12.9. The number of nitrogens with zero attached hydrogens (tertiary/aromatic N) is 3. The third kappa shape index (κ3) is 43.4. The molecule has 0 rings (SSSR count). The standard InChI is InChI=1S/3C16H36N.CH6O6P2/c3*1-5-9-13-17(14-10-6-2,15-11-7-3)16-12-8-4;2-8(3)6-1-7-9(4)5/h3*5-16H2,1-4H3;8-9H,1H2,(H,2,3)(H,4,5)/q3*+1;. The molecule has 0 radical (unpaired) electrons. The number of quaternary nitrogens is 3. The summed E-state index contributed by atoms with van der Waals surface area (Å²) in [4.78, 5) is 15.9. The van der Waals surface area contributed by atoms with Crippen LogP contribution in [-0.4, -0.2) is 109 Å². The van der Waals surface area contributed by atoms with Gasteiger partial charge in [-0.3, -0.25) is 18.2 Å². The topological polar surface area (TPSA) is 93.1 Å². The fourth-order valence-corrected chi connectivity index (χ4v) is 8.50. The minimum atomic E-state index is -3.04. The molecule has 0 fully saturated rings. The summed E-state index contributed by atoms with van der Waals surface area (Å²) < 4.78 is 31.4. The molecule has 0 aromatic carbocycles. The summed E-state index contributed by atoms with van der Waals surface area (Å²) in [7, 11) is -6.08. The van der Waals surface area contributed by atoms with E-state index in [1.165, 1.54) is 246 Å². The van der Waals surface area contributed by atoms with Crippen LogP contribution in [0.1, 0.15) is 237 Å². The quantitative estimate of drug-likeness (QED) is 0.0361. The molecular weight excluding hydrogens is 789 g/mol. The van der Waals surface area contributed by atoms with Crippen LogP contribution >= 0.6 is 16.5 Å². The highest BCUT2D eigenvalue weighted by molar-refractivity contribution is 7.32. The Morgan fingerprint density at radius 3 is 0.483 bits per heavy atom. The van der Waals surface area contributed by atoms with Crippen molar-refractivity contribution in [1.82, 2.24) is 0 Å². The summed E-state index contributed by atoms with van der Waals surface area (Å²) in [6.45, 7) is 44.4. The number of hydrogen-bond acceptors (Lipinski definition) is 4. The van der Waals surface area contributed by atoms with Gasteiger partial charge in [-0.25, -0.2) is 0 Å². The van der Waals surface area contributed by atoms with Crippen LogP contribution in [0.25, 0.3) is 0 Å². The highest BCUT2D eigenvalue weighted by Gasteiger charge is 2.27. The van der Waals surface area contributed by atoms with Crippen LogP contribution in [-0.2, 0) is 18.2 Å². The Labute approximate surface area is 379 Å². The van der Waals surface area contributed by atoms with Gasteiger partial charge in [0.2, 0.25) is 0 Å². The zero-order chi connectivity index (χ0) is 46.2. The summed E-state index contributed by atoms with van der Waals surface area (Å²) in [6, 6.07) is 0. The smallest absolute Gasteiger partial charge is 0.318 e. The van der Waals surface area contributed by atoms with Crippen LogP contribution in [0.2, 0.25) is 0 Å². The second-order valence-electron chi connectivity index (χ2n) is 17.9. The van der Waals surface area contributed by atoms with E-state index < -0.39 is 23.3 Å². The van der Waals surface area contributed by atoms with Crippen molar-refractivity contribution in [3.05, 3.63) is 0 Å². The van der Waals surface area contributed by atoms with Crippen molar-refractivity contribution < 1.29 is 41.4 Å². The average Bonchev–Trinajstić information content (AvgIpc) is 3.25. The van der Waals surface area contributed by atoms with E-state index in [9.17, 15) is 9.13 Å². The molecule has 368 valence electrons. The first kappa shape index (κ1) is 66.8. The molecule has 2 unspecified atom stereocenters. The van der Waals surface area contributed by atoms with Crippen LogP contribution in [0.3, 0.4) is 0 Å². The lowest BCUT2D eigenvalue weighted by molar-refractivity contribution is -0.929. The molecule has 0 aliphatic rings. The molecule has 2 atom stereocenters. The summed E-state index contributed by atoms with van der Waals surface area (Å²) >= 11 is 0. The molecule has 0 saturated heterocycles. The van der Waals surface area contributed by atoms with Crippen LogP contribution in [0, 0.1) is 0 Å². The van der Waals surface area contributed by atoms with E-state index in [0.29, 0.717) is 0 Å². The van der Waals surface area contributed by atoms with Gasteiger partial charge in [-0.1, -0.05) is 160 Å². The van der Waals surface area contributed by atoms with Crippen LogP contribution < -0.4 is 0 Å². The van der Waals surface area contributed by atoms with Gasteiger partial charge in [-0.2, -0.15) is 0 Å². The number of rotatable bonds is 40. The van der Waals surface area contributed by atoms with E-state index in [1.54, 1.807) is 0 Å². The molecule has 11 heteroatoms. The minimum Gasteiger partial charge on any atom is -0.326 e. The predicted octanol–water partition coefficient (Wildman–Crippen LogP) is 14.8. The predicted molar refractivity (Wildman–Crippen MR) is 268 cm³/mol. The number of unbranched alkanes of at least 4 members (excludes halogenated alkanes) is 12. The van der Waals surface area contributed by atoms with Gasteiger partial charge in [-0.05, 0) is 77.0 Å². The molecule has 0 aromatic rings. The lowest BCUT2D eigenvalue weighted by Gasteiger charge is -2.39. The van der Waals surface area contributed by atoms with Crippen molar-refractivity contribution >= 4 is 16.5 Å². The van der Waals surface area contributed by atoms with Crippen LogP contribution in [0.15, 0.2) is 0 Å². The van der Waals surface area contributed by atoms with E-state index >= 15 is 0 Å². The second kappa shape index (κ2) is 50.2. The summed E-state index contributed by atoms with van der Waals surface area (Å²) in [5.41, 5.74) is 0. The van der Waals surface area contributed by atoms with Gasteiger partial charge in [0.05, 0.1) is 78.5 Å². The van der Waals surface area contributed by atoms with Crippen molar-refractivity contribution in [2.24, 2.45) is 0 Å². The van der Waals surface area contributed by atoms with Gasteiger partial charge in [0.15, 0.2) is 6.79 Å². The van der Waals surface area contributed by atoms with Gasteiger partial charge in [0, 0.05) is 0 Å². The molecule has 9 nitrogen and oxygen atoms in total. The zero-order valence-electron chi connectivity index (χ0n) is 43.0. The van der Waals surface area contributed by atoms with Crippen molar-refractivity contribution in [3.8, 4) is 0 Å². The molecule has 0 aromatic heterocycles. The van der Waals surface area contributed by atoms with E-state index in [4.69, 9.17) is 9.79 Å². The number of hydrogen-bond donors (Lipinski definition) is 2. The average molecular weight is 903 g/mol. The normalized spacial score (nSPS) is 12.8. The van der Waals surface area contributed by atoms with Gasteiger partial charge in [0.25, 0.3) is 0 Å². The van der Waals surface area contributed by atoms with Crippen LogP contribution in [0.4, 0.5) is 0 Å². The lowest BCUT2D eigenvalue weighted by Crippen LogP contribution is -2.50. The molecule has 0 aliphatic heterocycles. The molecule has 0 aliphatic carbocycles. The zero-order valence-corrected chi connectivity index (χ0v) is 45.0. The lowest BCUT2D eigenvalue weighted by atomic mass is 10.1. The van der Waals surface area contributed by atoms with Crippen molar-refractivity contribution in [2.75, 3.05) is 85.3 Å². The Morgan fingerprint density at radius 2 is 0.400 bits per heavy atom. The molecular formula is C49H114N3O6P2+3. The maximum atomic E-state index is 9.69. The van der Waals surface area contributed by atoms with Gasteiger partial charge >= 0.3 is 16.5 Å². The monoisotopic (exact) mass is 903 g/mol. The Bertz CT molecular complexity index is 674. The van der Waals surface area contributed by atoms with Crippen molar-refractivity contribution in [2.45, 2.75) is 237 Å². The first-order chi connectivity index (χ1) is 28.9. The largest absolute Gasteiger partial charge is 0.326 e. The maximum Gasteiger partial charge on any atom is 0.318 e. The molecule has 60 heavy (non-hydrogen) atoms. The Balaban J connectivity index is -0.000000356. The van der Waals surface area contributed by atoms with E-state index in [1.807, 2.05) is 0 Å². The summed E-state index contributed by atoms with van der Waals surface area (Å²) in [5.74, 6) is 0. The molecule has 2 N–H and O–H groups in total. The van der Waals surface area contributed by atoms with Crippen molar-refractivity contribution in [3.63, 3.8) is 0 Å². The summed E-state index contributed by atoms with van der Waals surface area (Å²) in [6.07, 6.45) is 33.2. The second-order valence-corrected chi connectivity index (χ2v) is 19.5. The highest BCUT2D eigenvalue weighted by Crippen LogP contribution is 2.21. The Morgan fingerprint density at radius 1 is 0.283 bits per heavy atom. The first-order valence-corrected chi connectivity index (χ1v) is 28.6. The fraction of sp³-hybridized carbons (Fsp3) is 1.00. The molecule has 0 saturated carbocycles. The fourth-order valence-electron chi connectivity index (χ4n) is 8.07. The Hall–Kier alpha value is 0.180. The highest BCUT2D eigenvalue weighted by atomic mass is 31.1. The van der Waals surface area contributed by atoms with Gasteiger partial charge in [-0.15, -0.1) is 0 Å². The molecule has 0 amide bonds. The molecule has 0 spiro atoms. The van der Waals surface area contributed by atoms with E-state index in [0.717, 1.165) is 0 Å². The van der Waals surface area contributed by atoms with Crippen molar-refractivity contribution in [1.29, 1.82) is 0 Å². The molecule has 0 heterocycles. The third-order valence-electron chi connectivity index (χ3n) is 12.2. The van der Waals surface area contributed by atoms with E-state index in [2.05, 4.69) is 92.1 Å². The van der Waals surface area contributed by atoms with Gasteiger partial charge in [0.1, 0.15) is 0 Å². The minimum absolute atomic E-state index is 0.622. The van der Waals surface area contributed by atoms with Gasteiger partial charge < -0.3 is 23.2 Å². The maximum absolute atomic E-state index is 9.69. The first-order valence-electron chi connectivity index (χ1n) is 26.1. The Kier molecular flexibility index (Phi) is 55.9. The van der Waals surface area contributed by atoms with Crippen LogP contribution in [0.5, 0.6) is 0 Å².